The van der Waals surface area contributed by atoms with E-state index in [9.17, 15) is 15.1 Å². The van der Waals surface area contributed by atoms with Crippen LogP contribution < -0.4 is 5.32 Å². The number of alkyl carbamates (subject to hydrolysis) is 1. The van der Waals surface area contributed by atoms with Crippen LogP contribution in [0.4, 0.5) is 4.79 Å². The summed E-state index contributed by atoms with van der Waals surface area (Å²) in [5.41, 5.74) is 8.72. The summed E-state index contributed by atoms with van der Waals surface area (Å²) in [6.07, 6.45) is -0.739. The minimum absolute atomic E-state index is 0.117. The molecule has 0 aromatic heterocycles. The summed E-state index contributed by atoms with van der Waals surface area (Å²) in [5.74, 6) is -0.820. The zero-order chi connectivity index (χ0) is 17.5. The Morgan fingerprint density at radius 1 is 1.26 bits per heavy atom. The van der Waals surface area contributed by atoms with Crippen LogP contribution in [-0.2, 0) is 14.3 Å². The maximum atomic E-state index is 12.0. The van der Waals surface area contributed by atoms with Gasteiger partial charge in [-0.05, 0) is 33.3 Å². The lowest BCUT2D eigenvalue weighted by Crippen LogP contribution is -2.41. The van der Waals surface area contributed by atoms with Crippen molar-refractivity contribution < 1.29 is 23.9 Å². The molecule has 1 aromatic rings. The average Bonchev–Trinajstić information content (AvgIpc) is 2.46. The van der Waals surface area contributed by atoms with E-state index in [2.05, 4.69) is 10.1 Å². The average molecular weight is 319 g/mol. The number of ether oxygens (including phenoxy) is 2. The molecule has 1 amide bonds. The third-order valence-electron chi connectivity index (χ3n) is 2.66. The third-order valence-corrected chi connectivity index (χ3v) is 2.66. The molecule has 0 aliphatic carbocycles. The van der Waals surface area contributed by atoms with Gasteiger partial charge in [0.25, 0.3) is 0 Å². The first-order valence-electron chi connectivity index (χ1n) is 7.22. The van der Waals surface area contributed by atoms with E-state index in [1.807, 2.05) is 0 Å². The van der Waals surface area contributed by atoms with Crippen molar-refractivity contribution in [1.29, 1.82) is 0 Å². The lowest BCUT2D eigenvalue weighted by molar-refractivity contribution is -0.140. The largest absolute Gasteiger partial charge is 0.457 e. The van der Waals surface area contributed by atoms with Crippen LogP contribution in [-0.4, -0.2) is 34.8 Å². The van der Waals surface area contributed by atoms with Crippen molar-refractivity contribution >= 4 is 17.8 Å². The summed E-state index contributed by atoms with van der Waals surface area (Å²) < 4.78 is 10.0. The first-order chi connectivity index (χ1) is 10.8. The van der Waals surface area contributed by atoms with E-state index >= 15 is 0 Å². The summed E-state index contributed by atoms with van der Waals surface area (Å²) in [4.78, 5) is 27.0. The van der Waals surface area contributed by atoms with E-state index in [1.165, 1.54) is 0 Å². The number of hydrogen-bond acceptors (Lipinski definition) is 4. The van der Waals surface area contributed by atoms with E-state index in [0.717, 1.165) is 0 Å². The molecule has 0 saturated carbocycles. The van der Waals surface area contributed by atoms with Crippen LogP contribution in [0.15, 0.2) is 30.3 Å². The molecule has 0 fully saturated rings. The second kappa shape index (κ2) is 8.10. The van der Waals surface area contributed by atoms with Gasteiger partial charge in [-0.15, -0.1) is 0 Å². The van der Waals surface area contributed by atoms with Gasteiger partial charge in [-0.2, -0.15) is 4.79 Å². The molecule has 0 aliphatic rings. The predicted octanol–water partition coefficient (Wildman–Crippen LogP) is 2.49. The van der Waals surface area contributed by atoms with Crippen LogP contribution in [0.1, 0.15) is 39.3 Å². The van der Waals surface area contributed by atoms with Crippen LogP contribution in [0.2, 0.25) is 0 Å². The van der Waals surface area contributed by atoms with Gasteiger partial charge >= 0.3 is 17.8 Å². The zero-order valence-electron chi connectivity index (χ0n) is 13.7. The fourth-order valence-electron chi connectivity index (χ4n) is 1.80. The van der Waals surface area contributed by atoms with Crippen LogP contribution >= 0.6 is 0 Å². The number of nitrogens with one attached hydrogen (secondary N) is 1. The first kappa shape index (κ1) is 18.4. The highest BCUT2D eigenvalue weighted by Crippen LogP contribution is 2.16. The van der Waals surface area contributed by atoms with Crippen LogP contribution in [0.5, 0.6) is 0 Å². The Hall–Kier alpha value is -2.66. The Morgan fingerprint density at radius 2 is 1.87 bits per heavy atom. The second-order valence-electron chi connectivity index (χ2n) is 5.70. The molecule has 1 aromatic carbocycles. The quantitative estimate of drug-likeness (QED) is 0.390. The van der Waals surface area contributed by atoms with Crippen molar-refractivity contribution in [2.75, 3.05) is 6.61 Å². The van der Waals surface area contributed by atoms with E-state index in [-0.39, 0.29) is 12.3 Å². The van der Waals surface area contributed by atoms with Crippen LogP contribution in [0, 0.1) is 0 Å². The molecule has 1 N–H and O–H groups in total. The number of rotatable bonds is 5. The molecule has 1 rings (SSSR count). The topological polar surface area (TPSA) is 101 Å². The number of nitrogens with zero attached hydrogens (tertiary/aromatic N) is 2. The number of amides is 1. The van der Waals surface area contributed by atoms with Crippen LogP contribution in [0.3, 0.4) is 0 Å². The van der Waals surface area contributed by atoms with Gasteiger partial charge in [-0.3, -0.25) is 0 Å². The highest BCUT2D eigenvalue weighted by atomic mass is 16.6. The number of carbonyl (C=O) groups is 2. The van der Waals surface area contributed by atoms with E-state index in [1.54, 1.807) is 58.0 Å². The normalized spacial score (nSPS) is 11.8. The van der Waals surface area contributed by atoms with Gasteiger partial charge in [-0.1, -0.05) is 30.3 Å². The highest BCUT2D eigenvalue weighted by molar-refractivity contribution is 6.36. The molecule has 124 valence electrons. The SMILES string of the molecule is CCOC(=O)C(=[N+]=[N-])[C@H](NC(=O)OC(C)(C)C)c1ccccc1. The second-order valence-corrected chi connectivity index (χ2v) is 5.70. The number of benzene rings is 1. The lowest BCUT2D eigenvalue weighted by Gasteiger charge is -2.22. The van der Waals surface area contributed by atoms with Crippen molar-refractivity contribution in [1.82, 2.24) is 5.32 Å². The summed E-state index contributed by atoms with van der Waals surface area (Å²) in [6.45, 7) is 6.90. The van der Waals surface area contributed by atoms with Gasteiger partial charge in [0.1, 0.15) is 5.60 Å². The van der Waals surface area contributed by atoms with Crippen molar-refractivity contribution in [3.05, 3.63) is 41.4 Å². The number of hydrogen-bond donors (Lipinski definition) is 1. The summed E-state index contributed by atoms with van der Waals surface area (Å²) in [7, 11) is 0. The smallest absolute Gasteiger partial charge is 0.419 e. The summed E-state index contributed by atoms with van der Waals surface area (Å²) in [6, 6.07) is 7.64. The zero-order valence-corrected chi connectivity index (χ0v) is 13.7. The molecule has 0 bridgehead atoms. The van der Waals surface area contributed by atoms with Crippen LogP contribution in [0.25, 0.3) is 5.53 Å². The van der Waals surface area contributed by atoms with Crippen molar-refractivity contribution in [3.8, 4) is 0 Å². The molecule has 0 unspecified atom stereocenters. The maximum absolute atomic E-state index is 12.0. The van der Waals surface area contributed by atoms with Gasteiger partial charge in [-0.25, -0.2) is 9.59 Å². The Balaban J connectivity index is 3.10. The summed E-state index contributed by atoms with van der Waals surface area (Å²) >= 11 is 0. The van der Waals surface area contributed by atoms with Gasteiger partial charge in [0.2, 0.25) is 0 Å². The number of carbonyl (C=O) groups excluding carboxylic acids is 2. The Morgan fingerprint density at radius 3 is 2.35 bits per heavy atom. The molecule has 23 heavy (non-hydrogen) atoms. The Kier molecular flexibility index (Phi) is 6.48. The molecule has 1 atom stereocenters. The standard InChI is InChI=1S/C16H21N3O4/c1-5-22-14(20)13(19-17)12(11-9-7-6-8-10-11)18-15(21)23-16(2,3)4/h6-10,12H,5H2,1-4H3,(H,18,21)/t12-/m1/s1. The van der Waals surface area contributed by atoms with Gasteiger partial charge in [0, 0.05) is 0 Å². The minimum atomic E-state index is -0.991. The number of esters is 1. The molecule has 7 nitrogen and oxygen atoms in total. The van der Waals surface area contributed by atoms with Gasteiger partial charge in [0.15, 0.2) is 6.04 Å². The molecular weight excluding hydrogens is 298 g/mol. The Bertz CT molecular complexity index is 602. The Labute approximate surface area is 135 Å². The molecule has 0 radical (unpaired) electrons. The maximum Gasteiger partial charge on any atom is 0.419 e. The highest BCUT2D eigenvalue weighted by Gasteiger charge is 2.36. The summed E-state index contributed by atoms with van der Waals surface area (Å²) in [5, 5.41) is 2.53. The van der Waals surface area contributed by atoms with Gasteiger partial charge < -0.3 is 20.3 Å². The lowest BCUT2D eigenvalue weighted by atomic mass is 10.0. The van der Waals surface area contributed by atoms with E-state index < -0.39 is 23.7 Å². The van der Waals surface area contributed by atoms with E-state index in [0.29, 0.717) is 5.56 Å². The molecule has 0 spiro atoms. The molecule has 7 heteroatoms. The van der Waals surface area contributed by atoms with Crippen molar-refractivity contribution in [2.45, 2.75) is 39.3 Å². The van der Waals surface area contributed by atoms with Gasteiger partial charge in [0.05, 0.1) is 6.61 Å². The van der Waals surface area contributed by atoms with Crippen molar-refractivity contribution in [2.24, 2.45) is 0 Å². The monoisotopic (exact) mass is 319 g/mol. The molecule has 0 aliphatic heterocycles. The first-order valence-corrected chi connectivity index (χ1v) is 7.22. The fraction of sp³-hybridized carbons (Fsp3) is 0.438. The molecule has 0 heterocycles. The predicted molar refractivity (Wildman–Crippen MR) is 83.8 cm³/mol. The third kappa shape index (κ3) is 5.92. The molecular formula is C16H21N3O4. The molecule has 0 saturated heterocycles. The fourth-order valence-corrected chi connectivity index (χ4v) is 1.80. The van der Waals surface area contributed by atoms with E-state index in [4.69, 9.17) is 9.47 Å². The van der Waals surface area contributed by atoms with Crippen molar-refractivity contribution in [3.63, 3.8) is 0 Å². The minimum Gasteiger partial charge on any atom is -0.457 e.